The minimum Gasteiger partial charge on any atom is -0.309 e. The van der Waals surface area contributed by atoms with Crippen molar-refractivity contribution in [2.45, 2.75) is 26.2 Å². The van der Waals surface area contributed by atoms with Gasteiger partial charge in [0.2, 0.25) is 5.91 Å². The van der Waals surface area contributed by atoms with Gasteiger partial charge in [-0.25, -0.2) is 0 Å². The normalized spacial score (nSPS) is 15.4. The van der Waals surface area contributed by atoms with Crippen LogP contribution in [0.25, 0.3) is 22.0 Å². The third-order valence-electron chi connectivity index (χ3n) is 5.74. The molecule has 2 N–H and O–H groups in total. The Morgan fingerprint density at radius 2 is 2.03 bits per heavy atom. The van der Waals surface area contributed by atoms with Gasteiger partial charge in [0.1, 0.15) is 0 Å². The van der Waals surface area contributed by atoms with Crippen molar-refractivity contribution >= 4 is 22.5 Å². The van der Waals surface area contributed by atoms with Crippen LogP contribution in [0.3, 0.4) is 0 Å². The molecule has 144 valence electrons. The summed E-state index contributed by atoms with van der Waals surface area (Å²) in [5.74, 6) is 0.511. The number of nitrogens with one attached hydrogen (secondary N) is 2. The maximum Gasteiger partial charge on any atom is 0.229 e. The SMILES string of the molecule is CCc1cc(-c2cc(NC(=O)[C@@H]3Cc4ccc5ccccc5c4C3)n[nH]2)ccn1. The van der Waals surface area contributed by atoms with Gasteiger partial charge in [-0.05, 0) is 53.3 Å². The molecule has 5 rings (SSSR count). The zero-order valence-electron chi connectivity index (χ0n) is 16.3. The Labute approximate surface area is 169 Å². The standard InChI is InChI=1S/C24H22N4O/c1-2-19-12-17(9-10-25-19)22-14-23(28-27-22)26-24(29)18-11-16-8-7-15-5-3-4-6-20(15)21(16)13-18/h3-10,12,14,18H,2,11,13H2,1H3,(H2,26,27,28,29)/t18-/m1/s1. The van der Waals surface area contributed by atoms with Gasteiger partial charge >= 0.3 is 0 Å². The number of benzene rings is 2. The third-order valence-corrected chi connectivity index (χ3v) is 5.74. The highest BCUT2D eigenvalue weighted by atomic mass is 16.2. The number of H-pyrrole nitrogens is 1. The Balaban J connectivity index is 1.32. The summed E-state index contributed by atoms with van der Waals surface area (Å²) in [5.41, 5.74) is 5.49. The molecule has 2 aromatic carbocycles. The number of hydrogen-bond acceptors (Lipinski definition) is 3. The number of aromatic amines is 1. The van der Waals surface area contributed by atoms with Gasteiger partial charge in [0.25, 0.3) is 0 Å². The third kappa shape index (κ3) is 3.29. The summed E-state index contributed by atoms with van der Waals surface area (Å²) in [6.45, 7) is 2.08. The summed E-state index contributed by atoms with van der Waals surface area (Å²) < 4.78 is 0. The summed E-state index contributed by atoms with van der Waals surface area (Å²) in [4.78, 5) is 17.2. The lowest BCUT2D eigenvalue weighted by molar-refractivity contribution is -0.119. The maximum atomic E-state index is 12.9. The van der Waals surface area contributed by atoms with Crippen LogP contribution in [0.15, 0.2) is 60.8 Å². The van der Waals surface area contributed by atoms with Gasteiger partial charge in [-0.3, -0.25) is 14.9 Å². The van der Waals surface area contributed by atoms with E-state index in [2.05, 4.69) is 63.8 Å². The lowest BCUT2D eigenvalue weighted by Gasteiger charge is -2.08. The van der Waals surface area contributed by atoms with E-state index < -0.39 is 0 Å². The van der Waals surface area contributed by atoms with Gasteiger partial charge < -0.3 is 5.32 Å². The predicted molar refractivity (Wildman–Crippen MR) is 115 cm³/mol. The number of hydrogen-bond donors (Lipinski definition) is 2. The van der Waals surface area contributed by atoms with Crippen LogP contribution in [0.1, 0.15) is 23.7 Å². The summed E-state index contributed by atoms with van der Waals surface area (Å²) in [6, 6.07) is 18.5. The van der Waals surface area contributed by atoms with Gasteiger partial charge in [0.05, 0.1) is 5.69 Å². The first-order valence-corrected chi connectivity index (χ1v) is 10.0. The molecule has 2 aromatic heterocycles. The summed E-state index contributed by atoms with van der Waals surface area (Å²) >= 11 is 0. The van der Waals surface area contributed by atoms with Crippen molar-refractivity contribution in [3.05, 3.63) is 77.6 Å². The summed E-state index contributed by atoms with van der Waals surface area (Å²) in [5, 5.41) is 12.8. The Morgan fingerprint density at radius 3 is 2.93 bits per heavy atom. The fourth-order valence-corrected chi connectivity index (χ4v) is 4.18. The second-order valence-electron chi connectivity index (χ2n) is 7.58. The number of carbonyl (C=O) groups excluding carboxylic acids is 1. The van der Waals surface area contributed by atoms with Crippen LogP contribution in [0.2, 0.25) is 0 Å². The molecule has 0 saturated heterocycles. The van der Waals surface area contributed by atoms with Crippen molar-refractivity contribution in [2.75, 3.05) is 5.32 Å². The highest BCUT2D eigenvalue weighted by Gasteiger charge is 2.29. The average molecular weight is 382 g/mol. The van der Waals surface area contributed by atoms with Crippen LogP contribution in [0, 0.1) is 5.92 Å². The molecule has 0 radical (unpaired) electrons. The lowest BCUT2D eigenvalue weighted by atomic mass is 10.0. The van der Waals surface area contributed by atoms with Crippen LogP contribution in [0.4, 0.5) is 5.82 Å². The highest BCUT2D eigenvalue weighted by molar-refractivity contribution is 5.95. The smallest absolute Gasteiger partial charge is 0.229 e. The number of anilines is 1. The number of aryl methyl sites for hydroxylation is 1. The molecule has 0 fully saturated rings. The van der Waals surface area contributed by atoms with Crippen LogP contribution >= 0.6 is 0 Å². The van der Waals surface area contributed by atoms with Crippen LogP contribution < -0.4 is 5.32 Å². The van der Waals surface area contributed by atoms with E-state index in [0.29, 0.717) is 5.82 Å². The van der Waals surface area contributed by atoms with E-state index in [9.17, 15) is 4.79 Å². The van der Waals surface area contributed by atoms with E-state index in [-0.39, 0.29) is 11.8 Å². The molecule has 4 aromatic rings. The van der Waals surface area contributed by atoms with Gasteiger partial charge in [0, 0.05) is 29.4 Å². The second-order valence-corrected chi connectivity index (χ2v) is 7.58. The van der Waals surface area contributed by atoms with E-state index >= 15 is 0 Å². The summed E-state index contributed by atoms with van der Waals surface area (Å²) in [7, 11) is 0. The maximum absolute atomic E-state index is 12.9. The number of aromatic nitrogens is 3. The van der Waals surface area contributed by atoms with Crippen molar-refractivity contribution in [3.63, 3.8) is 0 Å². The first kappa shape index (κ1) is 17.6. The minimum atomic E-state index is -0.0661. The van der Waals surface area contributed by atoms with Gasteiger partial charge in [-0.2, -0.15) is 5.10 Å². The molecule has 1 aliphatic rings. The van der Waals surface area contributed by atoms with Gasteiger partial charge in [0.15, 0.2) is 5.82 Å². The number of rotatable bonds is 4. The monoisotopic (exact) mass is 382 g/mol. The molecule has 1 atom stereocenters. The average Bonchev–Trinajstić information content (AvgIpc) is 3.41. The molecule has 0 saturated carbocycles. The zero-order valence-corrected chi connectivity index (χ0v) is 16.3. The van der Waals surface area contributed by atoms with E-state index in [1.54, 1.807) is 6.20 Å². The molecule has 0 spiro atoms. The summed E-state index contributed by atoms with van der Waals surface area (Å²) in [6.07, 6.45) is 4.22. The molecule has 1 amide bonds. The van der Waals surface area contributed by atoms with Gasteiger partial charge in [-0.1, -0.05) is 43.3 Å². The molecule has 5 nitrogen and oxygen atoms in total. The molecular formula is C24H22N4O. The number of nitrogens with zero attached hydrogens (tertiary/aromatic N) is 2. The Hall–Kier alpha value is -3.47. The van der Waals surface area contributed by atoms with Gasteiger partial charge in [-0.15, -0.1) is 0 Å². The van der Waals surface area contributed by atoms with Crippen molar-refractivity contribution in [3.8, 4) is 11.3 Å². The lowest BCUT2D eigenvalue weighted by Crippen LogP contribution is -2.23. The van der Waals surface area contributed by atoms with Crippen molar-refractivity contribution in [1.82, 2.24) is 15.2 Å². The highest BCUT2D eigenvalue weighted by Crippen LogP contribution is 2.33. The fraction of sp³-hybridized carbons (Fsp3) is 0.208. The Morgan fingerprint density at radius 1 is 1.14 bits per heavy atom. The largest absolute Gasteiger partial charge is 0.309 e. The van der Waals surface area contributed by atoms with E-state index in [0.717, 1.165) is 36.2 Å². The molecule has 0 bridgehead atoms. The minimum absolute atomic E-state index is 0.0207. The first-order chi connectivity index (χ1) is 14.2. The fourth-order valence-electron chi connectivity index (χ4n) is 4.18. The molecular weight excluding hydrogens is 360 g/mol. The molecule has 0 unspecified atom stereocenters. The predicted octanol–water partition coefficient (Wildman–Crippen LogP) is 4.54. The number of carbonyl (C=O) groups is 1. The molecule has 1 aliphatic carbocycles. The number of amides is 1. The molecule has 29 heavy (non-hydrogen) atoms. The van der Waals surface area contributed by atoms with Crippen molar-refractivity contribution in [1.29, 1.82) is 0 Å². The van der Waals surface area contributed by atoms with Crippen LogP contribution in [0.5, 0.6) is 0 Å². The topological polar surface area (TPSA) is 70.7 Å². The second kappa shape index (κ2) is 7.17. The van der Waals surface area contributed by atoms with Crippen LogP contribution in [-0.2, 0) is 24.1 Å². The molecule has 2 heterocycles. The van der Waals surface area contributed by atoms with Crippen molar-refractivity contribution < 1.29 is 4.79 Å². The Kier molecular flexibility index (Phi) is 4.35. The van der Waals surface area contributed by atoms with Crippen molar-refractivity contribution in [2.24, 2.45) is 5.92 Å². The van der Waals surface area contributed by atoms with E-state index in [4.69, 9.17) is 0 Å². The number of pyridine rings is 1. The number of fused-ring (bicyclic) bond motifs is 3. The van der Waals surface area contributed by atoms with E-state index in [1.807, 2.05) is 18.2 Å². The molecule has 0 aliphatic heterocycles. The van der Waals surface area contributed by atoms with Crippen LogP contribution in [-0.4, -0.2) is 21.1 Å². The quantitative estimate of drug-likeness (QED) is 0.544. The molecule has 5 heteroatoms. The first-order valence-electron chi connectivity index (χ1n) is 10.0. The van der Waals surface area contributed by atoms with E-state index in [1.165, 1.54) is 21.9 Å². The zero-order chi connectivity index (χ0) is 19.8. The Bertz CT molecular complexity index is 1210.